The van der Waals surface area contributed by atoms with Gasteiger partial charge in [-0.25, -0.2) is 0 Å². The van der Waals surface area contributed by atoms with Gasteiger partial charge >= 0.3 is 0 Å². The van der Waals surface area contributed by atoms with E-state index in [1.165, 1.54) is 37.7 Å². The van der Waals surface area contributed by atoms with Crippen molar-refractivity contribution in [3.63, 3.8) is 0 Å². The van der Waals surface area contributed by atoms with Crippen molar-refractivity contribution in [2.75, 3.05) is 6.54 Å². The van der Waals surface area contributed by atoms with E-state index in [1.54, 1.807) is 0 Å². The van der Waals surface area contributed by atoms with Crippen LogP contribution in [0, 0.1) is 23.7 Å². The molecule has 2 heteroatoms. The van der Waals surface area contributed by atoms with E-state index in [-0.39, 0.29) is 0 Å². The van der Waals surface area contributed by atoms with E-state index in [0.29, 0.717) is 18.4 Å². The molecule has 0 unspecified atom stereocenters. The molecule has 0 aromatic heterocycles. The highest BCUT2D eigenvalue weighted by molar-refractivity contribution is 5.77. The third-order valence-corrected chi connectivity index (χ3v) is 6.67. The van der Waals surface area contributed by atoms with E-state index in [0.717, 1.165) is 36.6 Å². The van der Waals surface area contributed by atoms with Crippen LogP contribution in [0.25, 0.3) is 0 Å². The topological polar surface area (TPSA) is 20.3 Å². The van der Waals surface area contributed by atoms with Gasteiger partial charge in [-0.2, -0.15) is 0 Å². The standard InChI is InChI=1S/C21H29NO/c1-2-22(20(23)9-8-15-6-4-3-5-7-15)21-18-11-16-10-17(13-18)14-19(21)12-16/h3-7,16-19,21H,2,8-14H2,1H3. The molecule has 1 aromatic rings. The zero-order valence-electron chi connectivity index (χ0n) is 14.3. The van der Waals surface area contributed by atoms with Gasteiger partial charge in [0.25, 0.3) is 0 Å². The van der Waals surface area contributed by atoms with E-state index in [1.807, 2.05) is 6.07 Å². The number of nitrogens with zero attached hydrogens (tertiary/aromatic N) is 1. The van der Waals surface area contributed by atoms with Gasteiger partial charge in [0.1, 0.15) is 0 Å². The average molecular weight is 311 g/mol. The molecule has 1 aromatic carbocycles. The molecule has 0 saturated heterocycles. The first-order chi connectivity index (χ1) is 11.2. The van der Waals surface area contributed by atoms with Crippen LogP contribution in [0.5, 0.6) is 0 Å². The predicted molar refractivity (Wildman–Crippen MR) is 93.0 cm³/mol. The van der Waals surface area contributed by atoms with E-state index in [4.69, 9.17) is 0 Å². The summed E-state index contributed by atoms with van der Waals surface area (Å²) in [4.78, 5) is 15.2. The van der Waals surface area contributed by atoms with Crippen molar-refractivity contribution in [2.24, 2.45) is 23.7 Å². The zero-order valence-corrected chi connectivity index (χ0v) is 14.3. The minimum absolute atomic E-state index is 0.383. The fourth-order valence-corrected chi connectivity index (χ4v) is 6.00. The fourth-order valence-electron chi connectivity index (χ4n) is 6.00. The van der Waals surface area contributed by atoms with Gasteiger partial charge in [-0.05, 0) is 74.7 Å². The van der Waals surface area contributed by atoms with Gasteiger partial charge in [0.05, 0.1) is 0 Å². The van der Waals surface area contributed by atoms with Crippen molar-refractivity contribution >= 4 is 5.91 Å². The molecular weight excluding hydrogens is 282 g/mol. The highest BCUT2D eigenvalue weighted by Crippen LogP contribution is 2.55. The van der Waals surface area contributed by atoms with Gasteiger partial charge in [0.15, 0.2) is 0 Å². The number of hydrogen-bond acceptors (Lipinski definition) is 1. The maximum atomic E-state index is 12.9. The van der Waals surface area contributed by atoms with E-state index in [9.17, 15) is 4.79 Å². The predicted octanol–water partition coefficient (Wildman–Crippen LogP) is 4.29. The van der Waals surface area contributed by atoms with Crippen molar-refractivity contribution < 1.29 is 4.79 Å². The number of amides is 1. The zero-order chi connectivity index (χ0) is 15.8. The molecule has 23 heavy (non-hydrogen) atoms. The number of benzene rings is 1. The third-order valence-electron chi connectivity index (χ3n) is 6.67. The van der Waals surface area contributed by atoms with Gasteiger partial charge in [0, 0.05) is 19.0 Å². The summed E-state index contributed by atoms with van der Waals surface area (Å²) in [6.07, 6.45) is 8.58. The van der Waals surface area contributed by atoms with Crippen LogP contribution in [0.15, 0.2) is 30.3 Å². The molecule has 4 aliphatic rings. The number of hydrogen-bond donors (Lipinski definition) is 0. The summed E-state index contributed by atoms with van der Waals surface area (Å²) < 4.78 is 0. The first kappa shape index (κ1) is 15.2. The molecule has 0 aliphatic heterocycles. The summed E-state index contributed by atoms with van der Waals surface area (Å²) in [5, 5.41) is 0. The molecule has 0 N–H and O–H groups in total. The first-order valence-electron chi connectivity index (χ1n) is 9.58. The van der Waals surface area contributed by atoms with Crippen molar-refractivity contribution in [1.29, 1.82) is 0 Å². The van der Waals surface area contributed by atoms with Crippen molar-refractivity contribution in [1.82, 2.24) is 4.90 Å². The normalized spacial score (nSPS) is 34.6. The summed E-state index contributed by atoms with van der Waals surface area (Å²) in [6.45, 7) is 3.06. The minimum atomic E-state index is 0.383. The molecule has 4 saturated carbocycles. The molecule has 0 radical (unpaired) electrons. The largest absolute Gasteiger partial charge is 0.339 e. The third kappa shape index (κ3) is 2.93. The lowest BCUT2D eigenvalue weighted by atomic mass is 9.54. The Balaban J connectivity index is 1.43. The van der Waals surface area contributed by atoms with Crippen LogP contribution in [0.1, 0.15) is 51.0 Å². The van der Waals surface area contributed by atoms with Gasteiger partial charge in [0.2, 0.25) is 5.91 Å². The molecule has 124 valence electrons. The van der Waals surface area contributed by atoms with Crippen molar-refractivity contribution in [3.8, 4) is 0 Å². The molecule has 4 aliphatic carbocycles. The average Bonchev–Trinajstić information content (AvgIpc) is 2.56. The smallest absolute Gasteiger partial charge is 0.223 e. The van der Waals surface area contributed by atoms with E-state index < -0.39 is 0 Å². The Morgan fingerprint density at radius 3 is 2.17 bits per heavy atom. The van der Waals surface area contributed by atoms with Crippen LogP contribution in [0.3, 0.4) is 0 Å². The summed E-state index contributed by atoms with van der Waals surface area (Å²) in [7, 11) is 0. The van der Waals surface area contributed by atoms with Crippen LogP contribution < -0.4 is 0 Å². The molecule has 2 nitrogen and oxygen atoms in total. The first-order valence-corrected chi connectivity index (χ1v) is 9.58. The quantitative estimate of drug-likeness (QED) is 0.794. The van der Waals surface area contributed by atoms with Crippen molar-refractivity contribution in [2.45, 2.75) is 57.9 Å². The van der Waals surface area contributed by atoms with E-state index >= 15 is 0 Å². The summed E-state index contributed by atoms with van der Waals surface area (Å²) in [6, 6.07) is 11.0. The maximum Gasteiger partial charge on any atom is 0.223 e. The summed E-state index contributed by atoms with van der Waals surface area (Å²) >= 11 is 0. The molecular formula is C21H29NO. The van der Waals surface area contributed by atoms with Gasteiger partial charge in [-0.1, -0.05) is 30.3 Å². The molecule has 4 bridgehead atoms. The van der Waals surface area contributed by atoms with Gasteiger partial charge in [-0.15, -0.1) is 0 Å². The lowest BCUT2D eigenvalue weighted by Gasteiger charge is -2.57. The second-order valence-corrected chi connectivity index (χ2v) is 8.09. The van der Waals surface area contributed by atoms with Crippen LogP contribution in [0.2, 0.25) is 0 Å². The lowest BCUT2D eigenvalue weighted by molar-refractivity contribution is -0.143. The second kappa shape index (κ2) is 6.30. The van der Waals surface area contributed by atoms with Gasteiger partial charge in [-0.3, -0.25) is 4.79 Å². The Kier molecular flexibility index (Phi) is 4.17. The number of rotatable bonds is 5. The second-order valence-electron chi connectivity index (χ2n) is 8.09. The molecule has 4 fully saturated rings. The highest BCUT2D eigenvalue weighted by Gasteiger charge is 2.50. The van der Waals surface area contributed by atoms with Crippen LogP contribution >= 0.6 is 0 Å². The Bertz CT molecular complexity index is 524. The van der Waals surface area contributed by atoms with E-state index in [2.05, 4.69) is 36.1 Å². The Labute approximate surface area is 140 Å². The fraction of sp³-hybridized carbons (Fsp3) is 0.667. The maximum absolute atomic E-state index is 12.9. The van der Waals surface area contributed by atoms with Crippen molar-refractivity contribution in [3.05, 3.63) is 35.9 Å². The highest BCUT2D eigenvalue weighted by atomic mass is 16.2. The lowest BCUT2D eigenvalue weighted by Crippen LogP contribution is -2.57. The molecule has 0 spiro atoms. The van der Waals surface area contributed by atoms with Crippen LogP contribution in [0.4, 0.5) is 0 Å². The number of aryl methyl sites for hydroxylation is 1. The monoisotopic (exact) mass is 311 g/mol. The molecule has 0 atom stereocenters. The Morgan fingerprint density at radius 1 is 1.00 bits per heavy atom. The summed E-state index contributed by atoms with van der Waals surface area (Å²) in [5.74, 6) is 3.94. The van der Waals surface area contributed by atoms with Crippen LogP contribution in [-0.4, -0.2) is 23.4 Å². The number of carbonyl (C=O) groups is 1. The Morgan fingerprint density at radius 2 is 1.61 bits per heavy atom. The van der Waals surface area contributed by atoms with Gasteiger partial charge < -0.3 is 4.90 Å². The molecule has 1 amide bonds. The SMILES string of the molecule is CCN(C(=O)CCc1ccccc1)C1C2CC3CC(C2)CC1C3. The molecule has 5 rings (SSSR count). The number of carbonyl (C=O) groups excluding carboxylic acids is 1. The minimum Gasteiger partial charge on any atom is -0.339 e. The van der Waals surface area contributed by atoms with Crippen LogP contribution in [-0.2, 0) is 11.2 Å². The summed E-state index contributed by atoms with van der Waals surface area (Å²) in [5.41, 5.74) is 1.28. The molecule has 0 heterocycles. The Hall–Kier alpha value is -1.31.